The Bertz CT molecular complexity index is 658. The number of aryl methyl sites for hydroxylation is 1. The van der Waals surface area contributed by atoms with E-state index in [0.29, 0.717) is 11.5 Å². The van der Waals surface area contributed by atoms with Gasteiger partial charge in [0, 0.05) is 10.2 Å². The Morgan fingerprint density at radius 1 is 1.40 bits per heavy atom. The molecule has 1 heterocycles. The third-order valence-corrected chi connectivity index (χ3v) is 3.37. The van der Waals surface area contributed by atoms with Gasteiger partial charge >= 0.3 is 0 Å². The number of pyridine rings is 1. The largest absolute Gasteiger partial charge is 0.397 e. The topological polar surface area (TPSA) is 94.0 Å². The monoisotopic (exact) mass is 334 g/mol. The van der Waals surface area contributed by atoms with Crippen molar-refractivity contribution in [3.63, 3.8) is 0 Å². The molecule has 0 spiro atoms. The van der Waals surface area contributed by atoms with Crippen LogP contribution in [0, 0.1) is 0 Å². The molecule has 1 aromatic carbocycles. The maximum absolute atomic E-state index is 11.5. The minimum Gasteiger partial charge on any atom is -0.397 e. The summed E-state index contributed by atoms with van der Waals surface area (Å²) in [6.07, 6.45) is 2.34. The molecule has 0 bridgehead atoms. The molecule has 20 heavy (non-hydrogen) atoms. The zero-order valence-electron chi connectivity index (χ0n) is 11.0. The van der Waals surface area contributed by atoms with Crippen LogP contribution in [0.5, 0.6) is 0 Å². The van der Waals surface area contributed by atoms with Gasteiger partial charge in [0.05, 0.1) is 17.4 Å². The predicted octanol–water partition coefficient (Wildman–Crippen LogP) is 2.83. The minimum absolute atomic E-state index is 0.273. The number of nitrogens with two attached hydrogens (primary N) is 2. The van der Waals surface area contributed by atoms with Crippen LogP contribution in [0.2, 0.25) is 0 Å². The van der Waals surface area contributed by atoms with E-state index >= 15 is 0 Å². The summed E-state index contributed by atoms with van der Waals surface area (Å²) < 4.78 is 1.00. The number of nitrogens with one attached hydrogen (secondary N) is 1. The van der Waals surface area contributed by atoms with E-state index in [4.69, 9.17) is 11.5 Å². The first-order valence-corrected chi connectivity index (χ1v) is 6.91. The van der Waals surface area contributed by atoms with Gasteiger partial charge in [0.15, 0.2) is 0 Å². The van der Waals surface area contributed by atoms with E-state index in [1.54, 1.807) is 0 Å². The molecule has 0 saturated carbocycles. The van der Waals surface area contributed by atoms with Crippen molar-refractivity contribution >= 4 is 39.0 Å². The first-order chi connectivity index (χ1) is 9.51. The number of anilines is 3. The van der Waals surface area contributed by atoms with Crippen LogP contribution in [0.1, 0.15) is 22.8 Å². The van der Waals surface area contributed by atoms with Gasteiger partial charge in [-0.25, -0.2) is 4.98 Å². The standard InChI is InChI=1S/C14H15BrN4O/c1-2-8-5-9(15)3-4-12(8)19-14-11(13(17)20)6-10(16)7-18-14/h3-7H,2,16H2,1H3,(H2,17,20)(H,18,19). The highest BCUT2D eigenvalue weighted by molar-refractivity contribution is 9.10. The second kappa shape index (κ2) is 5.92. The molecular formula is C14H15BrN4O. The fourth-order valence-corrected chi connectivity index (χ4v) is 2.28. The summed E-state index contributed by atoms with van der Waals surface area (Å²) in [6, 6.07) is 7.38. The summed E-state index contributed by atoms with van der Waals surface area (Å²) in [5.41, 5.74) is 13.6. The lowest BCUT2D eigenvalue weighted by Gasteiger charge is -2.13. The average Bonchev–Trinajstić information content (AvgIpc) is 2.42. The number of nitrogens with zero attached hydrogens (tertiary/aromatic N) is 1. The van der Waals surface area contributed by atoms with Crippen molar-refractivity contribution in [2.45, 2.75) is 13.3 Å². The van der Waals surface area contributed by atoms with Crippen LogP contribution in [0.25, 0.3) is 0 Å². The zero-order chi connectivity index (χ0) is 14.7. The molecule has 0 saturated heterocycles. The van der Waals surface area contributed by atoms with Gasteiger partial charge < -0.3 is 16.8 Å². The molecule has 0 aliphatic heterocycles. The van der Waals surface area contributed by atoms with E-state index in [1.165, 1.54) is 12.3 Å². The molecule has 0 aliphatic rings. The molecule has 6 heteroatoms. The molecule has 0 unspecified atom stereocenters. The zero-order valence-corrected chi connectivity index (χ0v) is 12.6. The summed E-state index contributed by atoms with van der Waals surface area (Å²) in [7, 11) is 0. The lowest BCUT2D eigenvalue weighted by atomic mass is 10.1. The number of primary amides is 1. The van der Waals surface area contributed by atoms with Crippen LogP contribution in [0.3, 0.4) is 0 Å². The van der Waals surface area contributed by atoms with E-state index in [2.05, 4.69) is 33.2 Å². The number of benzene rings is 1. The summed E-state index contributed by atoms with van der Waals surface area (Å²) in [5, 5.41) is 3.14. The van der Waals surface area contributed by atoms with Gasteiger partial charge in [-0.2, -0.15) is 0 Å². The van der Waals surface area contributed by atoms with Crippen molar-refractivity contribution in [2.75, 3.05) is 11.1 Å². The van der Waals surface area contributed by atoms with Crippen LogP contribution in [0.15, 0.2) is 34.9 Å². The highest BCUT2D eigenvalue weighted by Crippen LogP contribution is 2.26. The van der Waals surface area contributed by atoms with E-state index in [1.807, 2.05) is 18.2 Å². The summed E-state index contributed by atoms with van der Waals surface area (Å²) in [6.45, 7) is 2.05. The van der Waals surface area contributed by atoms with Gasteiger partial charge in [0.2, 0.25) is 0 Å². The molecule has 104 valence electrons. The molecule has 1 aromatic heterocycles. The highest BCUT2D eigenvalue weighted by atomic mass is 79.9. The van der Waals surface area contributed by atoms with Crippen LogP contribution < -0.4 is 16.8 Å². The third-order valence-electron chi connectivity index (χ3n) is 2.88. The summed E-state index contributed by atoms with van der Waals surface area (Å²) >= 11 is 3.44. The lowest BCUT2D eigenvalue weighted by molar-refractivity contribution is 0.100. The van der Waals surface area contributed by atoms with Gasteiger partial charge in [0.25, 0.3) is 5.91 Å². The lowest BCUT2D eigenvalue weighted by Crippen LogP contribution is -2.15. The Balaban J connectivity index is 2.42. The van der Waals surface area contributed by atoms with E-state index in [9.17, 15) is 4.79 Å². The molecule has 2 aromatic rings. The molecule has 5 nitrogen and oxygen atoms in total. The molecule has 0 radical (unpaired) electrons. The second-order valence-corrected chi connectivity index (χ2v) is 5.22. The van der Waals surface area contributed by atoms with E-state index < -0.39 is 5.91 Å². The Kier molecular flexibility index (Phi) is 4.24. The van der Waals surface area contributed by atoms with Gasteiger partial charge in [-0.15, -0.1) is 0 Å². The number of halogens is 1. The van der Waals surface area contributed by atoms with Crippen LogP contribution in [-0.2, 0) is 6.42 Å². The average molecular weight is 335 g/mol. The maximum atomic E-state index is 11.5. The predicted molar refractivity (Wildman–Crippen MR) is 84.0 cm³/mol. The number of carbonyl (C=O) groups is 1. The van der Waals surface area contributed by atoms with Gasteiger partial charge in [-0.05, 0) is 36.2 Å². The van der Waals surface area contributed by atoms with Gasteiger partial charge in [-0.1, -0.05) is 22.9 Å². The second-order valence-electron chi connectivity index (χ2n) is 4.31. The molecular weight excluding hydrogens is 320 g/mol. The maximum Gasteiger partial charge on any atom is 0.252 e. The first kappa shape index (κ1) is 14.3. The smallest absolute Gasteiger partial charge is 0.252 e. The molecule has 0 fully saturated rings. The first-order valence-electron chi connectivity index (χ1n) is 6.12. The van der Waals surface area contributed by atoms with Crippen molar-refractivity contribution < 1.29 is 4.79 Å². The quantitative estimate of drug-likeness (QED) is 0.801. The van der Waals surface area contributed by atoms with Crippen molar-refractivity contribution in [3.8, 4) is 0 Å². The molecule has 2 rings (SSSR count). The molecule has 5 N–H and O–H groups in total. The number of rotatable bonds is 4. The van der Waals surface area contributed by atoms with E-state index in [-0.39, 0.29) is 5.56 Å². The fourth-order valence-electron chi connectivity index (χ4n) is 1.87. The number of aromatic nitrogens is 1. The van der Waals surface area contributed by atoms with Crippen LogP contribution in [0.4, 0.5) is 17.2 Å². The minimum atomic E-state index is -0.567. The van der Waals surface area contributed by atoms with Gasteiger partial charge in [0.1, 0.15) is 5.82 Å². The van der Waals surface area contributed by atoms with Gasteiger partial charge in [-0.3, -0.25) is 4.79 Å². The molecule has 0 atom stereocenters. The Hall–Kier alpha value is -2.08. The number of amides is 1. The van der Waals surface area contributed by atoms with Crippen LogP contribution >= 0.6 is 15.9 Å². The molecule has 1 amide bonds. The molecule has 0 aliphatic carbocycles. The Morgan fingerprint density at radius 2 is 2.15 bits per heavy atom. The number of carbonyl (C=O) groups excluding carboxylic acids is 1. The van der Waals surface area contributed by atoms with Crippen molar-refractivity contribution in [3.05, 3.63) is 46.1 Å². The SMILES string of the molecule is CCc1cc(Br)ccc1Nc1ncc(N)cc1C(N)=O. The van der Waals surface area contributed by atoms with Crippen LogP contribution in [-0.4, -0.2) is 10.9 Å². The fraction of sp³-hybridized carbons (Fsp3) is 0.143. The Morgan fingerprint density at radius 3 is 2.80 bits per heavy atom. The van der Waals surface area contributed by atoms with Crippen molar-refractivity contribution in [1.82, 2.24) is 4.98 Å². The normalized spacial score (nSPS) is 10.3. The summed E-state index contributed by atoms with van der Waals surface area (Å²) in [5.74, 6) is -0.161. The highest BCUT2D eigenvalue weighted by Gasteiger charge is 2.12. The van der Waals surface area contributed by atoms with Crippen molar-refractivity contribution in [2.24, 2.45) is 5.73 Å². The number of nitrogen functional groups attached to an aromatic ring is 1. The Labute approximate surface area is 125 Å². The number of hydrogen-bond donors (Lipinski definition) is 3. The third kappa shape index (κ3) is 3.08. The summed E-state index contributed by atoms with van der Waals surface area (Å²) in [4.78, 5) is 15.6. The van der Waals surface area contributed by atoms with E-state index in [0.717, 1.165) is 22.1 Å². The number of hydrogen-bond acceptors (Lipinski definition) is 4. The van der Waals surface area contributed by atoms with Crippen molar-refractivity contribution in [1.29, 1.82) is 0 Å².